The summed E-state index contributed by atoms with van der Waals surface area (Å²) in [7, 11) is -1.73. The van der Waals surface area contributed by atoms with Gasteiger partial charge in [-0.25, -0.2) is 4.39 Å². The normalized spacial score (nSPS) is 12.5. The van der Waals surface area contributed by atoms with Crippen molar-refractivity contribution in [2.24, 2.45) is 10.8 Å². The Bertz CT molecular complexity index is 1660. The van der Waals surface area contributed by atoms with Crippen LogP contribution >= 0.6 is 0 Å². The number of aliphatic hydroxyl groups is 1. The fourth-order valence-corrected chi connectivity index (χ4v) is 6.91. The largest absolute Gasteiger partial charge is 0.512 e. The number of rotatable bonds is 9. The van der Waals surface area contributed by atoms with Crippen LogP contribution in [0.2, 0.25) is 19.6 Å². The fraction of sp³-hybridized carbons (Fsp3) is 0.436. The van der Waals surface area contributed by atoms with Crippen LogP contribution in [0.15, 0.2) is 60.5 Å². The summed E-state index contributed by atoms with van der Waals surface area (Å²) in [6.45, 7) is 22.7. The zero-order valence-corrected chi connectivity index (χ0v) is 32.4. The predicted octanol–water partition coefficient (Wildman–Crippen LogP) is 10.8. The van der Waals surface area contributed by atoms with Gasteiger partial charge in [0.25, 0.3) is 0 Å². The number of halogens is 1. The Morgan fingerprint density at radius 3 is 1.93 bits per heavy atom. The van der Waals surface area contributed by atoms with E-state index in [1.807, 2.05) is 78.9 Å². The third kappa shape index (κ3) is 8.39. The smallest absolute Gasteiger partial charge is 0.164 e. The van der Waals surface area contributed by atoms with E-state index in [-0.39, 0.29) is 48.3 Å². The molecule has 1 radical (unpaired) electrons. The molecule has 3 aromatic carbocycles. The van der Waals surface area contributed by atoms with Gasteiger partial charge >= 0.3 is 0 Å². The number of ketones is 1. The zero-order chi connectivity index (χ0) is 33.0. The van der Waals surface area contributed by atoms with Gasteiger partial charge in [0.1, 0.15) is 11.6 Å². The quantitative estimate of drug-likeness (QED) is 0.0603. The van der Waals surface area contributed by atoms with Crippen LogP contribution < -0.4 is 5.19 Å². The molecule has 0 saturated heterocycles. The molecule has 0 atom stereocenters. The molecule has 45 heavy (non-hydrogen) atoms. The van der Waals surface area contributed by atoms with Gasteiger partial charge in [0.15, 0.2) is 5.78 Å². The van der Waals surface area contributed by atoms with Crippen LogP contribution in [0.5, 0.6) is 0 Å². The van der Waals surface area contributed by atoms with Gasteiger partial charge in [-0.1, -0.05) is 99.3 Å². The summed E-state index contributed by atoms with van der Waals surface area (Å²) >= 11 is 0. The van der Waals surface area contributed by atoms with Crippen molar-refractivity contribution in [1.29, 1.82) is 0 Å². The molecule has 0 aliphatic rings. The first-order valence-electron chi connectivity index (χ1n) is 16.0. The Balaban J connectivity index is 0.000000343. The summed E-state index contributed by atoms with van der Waals surface area (Å²) in [5.74, 6) is 0.221. The minimum absolute atomic E-state index is 0. The van der Waals surface area contributed by atoms with Crippen molar-refractivity contribution in [3.63, 3.8) is 0 Å². The van der Waals surface area contributed by atoms with Gasteiger partial charge < -0.3 is 10.1 Å². The molecule has 1 N–H and O–H groups in total. The Labute approximate surface area is 285 Å². The van der Waals surface area contributed by atoms with Gasteiger partial charge in [0, 0.05) is 48.6 Å². The van der Waals surface area contributed by atoms with Gasteiger partial charge in [-0.2, -0.15) is 0 Å². The second-order valence-corrected chi connectivity index (χ2v) is 18.8. The van der Waals surface area contributed by atoms with Crippen molar-refractivity contribution in [2.75, 3.05) is 0 Å². The number of carbonyl (C=O) groups excluding carboxylic acids is 1. The summed E-state index contributed by atoms with van der Waals surface area (Å²) in [5.41, 5.74) is 3.56. The van der Waals surface area contributed by atoms with Gasteiger partial charge in [-0.15, -0.1) is 34.9 Å². The molecule has 0 aliphatic heterocycles. The first kappa shape index (κ1) is 38.5. The molecule has 0 fully saturated rings. The molecule has 0 bridgehead atoms. The molecule has 0 aliphatic carbocycles. The Kier molecular flexibility index (Phi) is 13.1. The molecule has 1 heterocycles. The predicted molar refractivity (Wildman–Crippen MR) is 189 cm³/mol. The van der Waals surface area contributed by atoms with E-state index in [9.17, 15) is 9.90 Å². The van der Waals surface area contributed by atoms with Crippen LogP contribution in [0, 0.1) is 36.6 Å². The van der Waals surface area contributed by atoms with Gasteiger partial charge in [-0.3, -0.25) is 4.79 Å². The number of nitrogens with zero attached hydrogens (tertiary/aromatic N) is 1. The summed E-state index contributed by atoms with van der Waals surface area (Å²) in [5, 5.41) is 14.7. The van der Waals surface area contributed by atoms with Crippen LogP contribution in [-0.4, -0.2) is 23.9 Å². The van der Waals surface area contributed by atoms with E-state index in [0.717, 1.165) is 63.8 Å². The number of allylic oxidation sites excluding steroid dienone is 2. The maximum Gasteiger partial charge on any atom is 0.164 e. The number of aryl methyl sites for hydroxylation is 2. The molecular formula is C39H51FIrNO2Si-. The molecule has 4 rings (SSSR count). The van der Waals surface area contributed by atoms with Crippen LogP contribution in [0.1, 0.15) is 78.4 Å². The Morgan fingerprint density at radius 2 is 1.40 bits per heavy atom. The number of aliphatic hydroxyl groups excluding tert-OH is 1. The SMILES string of the molecule is CCC(C)(CC)C(=O)/C=C(\O)C(C)(CC)CC.Cc1[c-]c(-c2nccc3c2ccc2c(F)c([Si](C)(C)C)ccc23)cc(C)c1.[Ir]. The van der Waals surface area contributed by atoms with Crippen molar-refractivity contribution in [3.05, 3.63) is 83.5 Å². The van der Waals surface area contributed by atoms with E-state index >= 15 is 4.39 Å². The number of carbonyl (C=O) groups is 1. The minimum atomic E-state index is -1.73. The minimum Gasteiger partial charge on any atom is -0.512 e. The monoisotopic (exact) mass is 805 g/mol. The molecule has 4 aromatic rings. The van der Waals surface area contributed by atoms with Crippen LogP contribution in [0.25, 0.3) is 32.8 Å². The number of hydrogen-bond donors (Lipinski definition) is 1. The first-order chi connectivity index (χ1) is 20.5. The Morgan fingerprint density at radius 1 is 0.867 bits per heavy atom. The van der Waals surface area contributed by atoms with Crippen molar-refractivity contribution < 1.29 is 34.4 Å². The number of fused-ring (bicyclic) bond motifs is 3. The molecule has 0 spiro atoms. The van der Waals surface area contributed by atoms with E-state index in [1.165, 1.54) is 11.6 Å². The van der Waals surface area contributed by atoms with E-state index in [1.54, 1.807) is 0 Å². The van der Waals surface area contributed by atoms with Crippen LogP contribution in [0.3, 0.4) is 0 Å². The summed E-state index contributed by atoms with van der Waals surface area (Å²) in [4.78, 5) is 16.8. The summed E-state index contributed by atoms with van der Waals surface area (Å²) in [6.07, 6.45) is 6.57. The molecular weight excluding hydrogens is 754 g/mol. The zero-order valence-electron chi connectivity index (χ0n) is 29.0. The van der Waals surface area contributed by atoms with E-state index in [4.69, 9.17) is 0 Å². The third-order valence-corrected chi connectivity index (χ3v) is 11.7. The standard InChI is InChI=1S/C24H23FNSi.C15H28O2.Ir/c1-15-12-16(2)14-17(13-15)24-21-7-6-20-18(19(21)10-11-26-24)8-9-22(23(20)25)27(3,4)5;1-7-14(5,8-2)12(16)11-13(17)15(6,9-3)10-4;/h6-13H,1-5H3;11,16H,7-10H2,1-6H3;/q-1;;/b;12-11-;. The van der Waals surface area contributed by atoms with Crippen molar-refractivity contribution >= 4 is 40.6 Å². The number of benzene rings is 3. The number of pyridine rings is 1. The van der Waals surface area contributed by atoms with Crippen molar-refractivity contribution in [3.8, 4) is 11.3 Å². The van der Waals surface area contributed by atoms with Crippen molar-refractivity contribution in [1.82, 2.24) is 4.98 Å². The average Bonchev–Trinajstić information content (AvgIpc) is 2.99. The fourth-order valence-electron chi connectivity index (χ4n) is 5.53. The second kappa shape index (κ2) is 15.3. The second-order valence-electron chi connectivity index (χ2n) is 13.8. The van der Waals surface area contributed by atoms with Crippen molar-refractivity contribution in [2.45, 2.75) is 101 Å². The molecule has 6 heteroatoms. The Hall–Kier alpha value is -2.66. The molecule has 0 unspecified atom stereocenters. The van der Waals surface area contributed by atoms with E-state index in [2.05, 4.69) is 55.8 Å². The van der Waals surface area contributed by atoms with E-state index < -0.39 is 8.07 Å². The van der Waals surface area contributed by atoms with Crippen LogP contribution in [-0.2, 0) is 24.9 Å². The number of hydrogen-bond acceptors (Lipinski definition) is 3. The molecule has 245 valence electrons. The first-order valence-corrected chi connectivity index (χ1v) is 19.5. The van der Waals surface area contributed by atoms with Gasteiger partial charge in [0.2, 0.25) is 0 Å². The molecule has 0 saturated carbocycles. The average molecular weight is 805 g/mol. The topological polar surface area (TPSA) is 50.2 Å². The summed E-state index contributed by atoms with van der Waals surface area (Å²) < 4.78 is 15.2. The van der Waals surface area contributed by atoms with Gasteiger partial charge in [-0.05, 0) is 58.8 Å². The number of aromatic nitrogens is 1. The van der Waals surface area contributed by atoms with Crippen LogP contribution in [0.4, 0.5) is 4.39 Å². The summed E-state index contributed by atoms with van der Waals surface area (Å²) in [6, 6.07) is 17.6. The van der Waals surface area contributed by atoms with E-state index in [0.29, 0.717) is 5.39 Å². The third-order valence-electron chi connectivity index (χ3n) is 9.69. The maximum absolute atomic E-state index is 15.2. The molecule has 0 amide bonds. The molecule has 3 nitrogen and oxygen atoms in total. The maximum atomic E-state index is 15.2. The van der Waals surface area contributed by atoms with Gasteiger partial charge in [0.05, 0.1) is 8.07 Å². The molecule has 1 aromatic heterocycles.